The summed E-state index contributed by atoms with van der Waals surface area (Å²) >= 11 is 1.62. The molecule has 0 radical (unpaired) electrons. The molecule has 0 amide bonds. The lowest BCUT2D eigenvalue weighted by molar-refractivity contribution is 0.623. The number of hydrogen-bond acceptors (Lipinski definition) is 3. The highest BCUT2D eigenvalue weighted by Gasteiger charge is 2.12. The summed E-state index contributed by atoms with van der Waals surface area (Å²) in [6.45, 7) is 0. The molecular weight excluding hydrogens is 293 g/mol. The maximum atomic E-state index is 13.3. The van der Waals surface area contributed by atoms with Crippen molar-refractivity contribution in [3.05, 3.63) is 59.2 Å². The quantitative estimate of drug-likeness (QED) is 0.745. The van der Waals surface area contributed by atoms with Crippen LogP contribution in [-0.2, 0) is 16.6 Å². The zero-order valence-electron chi connectivity index (χ0n) is 10.5. The molecule has 20 heavy (non-hydrogen) atoms. The van der Waals surface area contributed by atoms with Crippen LogP contribution in [0.5, 0.6) is 0 Å². The summed E-state index contributed by atoms with van der Waals surface area (Å²) in [6, 6.07) is 11.9. The van der Waals surface area contributed by atoms with Crippen molar-refractivity contribution in [3.63, 3.8) is 0 Å². The second-order valence-corrected chi connectivity index (χ2v) is 6.76. The fourth-order valence-corrected chi connectivity index (χ4v) is 4.39. The first kappa shape index (κ1) is 13.3. The van der Waals surface area contributed by atoms with Crippen LogP contribution in [0.25, 0.3) is 10.1 Å². The minimum atomic E-state index is -1.35. The smallest absolute Gasteiger partial charge is 0.124 e. The largest absolute Gasteiger partial charge is 0.398 e. The summed E-state index contributed by atoms with van der Waals surface area (Å²) in [7, 11) is -1.35. The molecule has 2 nitrogen and oxygen atoms in total. The summed E-state index contributed by atoms with van der Waals surface area (Å²) in [5.74, 6) is -0.0739. The third-order valence-electron chi connectivity index (χ3n) is 3.07. The van der Waals surface area contributed by atoms with E-state index in [2.05, 4.69) is 0 Å². The van der Waals surface area contributed by atoms with Gasteiger partial charge in [0, 0.05) is 10.4 Å². The van der Waals surface area contributed by atoms with Crippen LogP contribution in [0.1, 0.15) is 5.56 Å². The topological polar surface area (TPSA) is 43.1 Å². The number of nitrogens with two attached hydrogens (primary N) is 1. The Balaban J connectivity index is 1.94. The molecule has 2 N–H and O–H groups in total. The van der Waals surface area contributed by atoms with Crippen LogP contribution in [0, 0.1) is 5.82 Å². The SMILES string of the molecule is Nc1ccc(F)cc1S(=O)Cc1csc2ccccc12. The van der Waals surface area contributed by atoms with Gasteiger partial charge in [0.15, 0.2) is 0 Å². The van der Waals surface area contributed by atoms with E-state index in [1.165, 1.54) is 18.2 Å². The number of rotatable bonds is 3. The standard InChI is InChI=1S/C15H12FNOS2/c16-11-5-6-13(17)15(7-11)20(18)9-10-8-19-14-4-2-1-3-12(10)14/h1-8H,9,17H2. The number of fused-ring (bicyclic) bond motifs is 1. The molecule has 0 aliphatic rings. The van der Waals surface area contributed by atoms with Gasteiger partial charge in [-0.05, 0) is 40.6 Å². The third-order valence-corrected chi connectivity index (χ3v) is 5.50. The highest BCUT2D eigenvalue weighted by atomic mass is 32.2. The van der Waals surface area contributed by atoms with Gasteiger partial charge in [0.1, 0.15) is 5.82 Å². The number of anilines is 1. The molecule has 0 aliphatic heterocycles. The number of halogens is 1. The summed E-state index contributed by atoms with van der Waals surface area (Å²) in [6.07, 6.45) is 0. The van der Waals surface area contributed by atoms with Crippen LogP contribution in [0.15, 0.2) is 52.7 Å². The summed E-state index contributed by atoms with van der Waals surface area (Å²) in [4.78, 5) is 0.361. The molecule has 1 heterocycles. The van der Waals surface area contributed by atoms with E-state index in [0.29, 0.717) is 16.3 Å². The van der Waals surface area contributed by atoms with Crippen molar-refractivity contribution in [1.29, 1.82) is 0 Å². The summed E-state index contributed by atoms with van der Waals surface area (Å²) < 4.78 is 26.8. The van der Waals surface area contributed by atoms with Gasteiger partial charge in [0.25, 0.3) is 0 Å². The molecule has 2 aromatic carbocycles. The Morgan fingerprint density at radius 3 is 2.85 bits per heavy atom. The van der Waals surface area contributed by atoms with Gasteiger partial charge in [-0.15, -0.1) is 11.3 Å². The normalized spacial score (nSPS) is 12.7. The Kier molecular flexibility index (Phi) is 3.54. The van der Waals surface area contributed by atoms with Crippen LogP contribution in [-0.4, -0.2) is 4.21 Å². The van der Waals surface area contributed by atoms with Gasteiger partial charge >= 0.3 is 0 Å². The number of thiophene rings is 1. The zero-order chi connectivity index (χ0) is 14.1. The molecule has 0 saturated heterocycles. The van der Waals surface area contributed by atoms with Gasteiger partial charge in [0.2, 0.25) is 0 Å². The highest BCUT2D eigenvalue weighted by Crippen LogP contribution is 2.28. The maximum absolute atomic E-state index is 13.3. The fourth-order valence-electron chi connectivity index (χ4n) is 2.07. The number of benzene rings is 2. The molecule has 3 rings (SSSR count). The van der Waals surface area contributed by atoms with Crippen molar-refractivity contribution in [3.8, 4) is 0 Å². The van der Waals surface area contributed by atoms with E-state index in [1.807, 2.05) is 29.6 Å². The molecule has 0 fully saturated rings. The molecule has 1 aromatic heterocycles. The predicted molar refractivity (Wildman–Crippen MR) is 82.7 cm³/mol. The molecule has 1 atom stereocenters. The van der Waals surface area contributed by atoms with E-state index in [9.17, 15) is 8.60 Å². The van der Waals surface area contributed by atoms with E-state index >= 15 is 0 Å². The molecule has 0 aliphatic carbocycles. The molecule has 102 valence electrons. The Morgan fingerprint density at radius 1 is 1.20 bits per heavy atom. The van der Waals surface area contributed by atoms with Gasteiger partial charge < -0.3 is 5.73 Å². The van der Waals surface area contributed by atoms with E-state index in [4.69, 9.17) is 5.73 Å². The Labute approximate surface area is 122 Å². The average Bonchev–Trinajstić information content (AvgIpc) is 2.85. The van der Waals surface area contributed by atoms with Crippen molar-refractivity contribution in [1.82, 2.24) is 0 Å². The van der Waals surface area contributed by atoms with Gasteiger partial charge in [-0.25, -0.2) is 4.39 Å². The van der Waals surface area contributed by atoms with Gasteiger partial charge in [-0.1, -0.05) is 18.2 Å². The van der Waals surface area contributed by atoms with E-state index in [0.717, 1.165) is 15.6 Å². The lowest BCUT2D eigenvalue weighted by Gasteiger charge is -2.05. The van der Waals surface area contributed by atoms with Gasteiger partial charge in [-0.3, -0.25) is 4.21 Å². The second-order valence-electron chi connectivity index (χ2n) is 4.43. The molecule has 3 aromatic rings. The number of hydrogen-bond donors (Lipinski definition) is 1. The van der Waals surface area contributed by atoms with Gasteiger partial charge in [0.05, 0.1) is 21.4 Å². The third kappa shape index (κ3) is 2.46. The van der Waals surface area contributed by atoms with E-state index in [-0.39, 0.29) is 0 Å². The summed E-state index contributed by atoms with van der Waals surface area (Å²) in [5.41, 5.74) is 7.15. The first-order chi connectivity index (χ1) is 9.65. The van der Waals surface area contributed by atoms with E-state index < -0.39 is 16.6 Å². The Hall–Kier alpha value is -1.72. The van der Waals surface area contributed by atoms with Crippen molar-refractivity contribution < 1.29 is 8.60 Å². The minimum Gasteiger partial charge on any atom is -0.398 e. The van der Waals surface area contributed by atoms with E-state index in [1.54, 1.807) is 11.3 Å². The highest BCUT2D eigenvalue weighted by molar-refractivity contribution is 7.84. The maximum Gasteiger partial charge on any atom is 0.124 e. The second kappa shape index (κ2) is 5.34. The molecular formula is C15H12FNOS2. The van der Waals surface area contributed by atoms with Crippen LogP contribution in [0.2, 0.25) is 0 Å². The molecule has 5 heteroatoms. The van der Waals surface area contributed by atoms with Crippen LogP contribution in [0.4, 0.5) is 10.1 Å². The Bertz CT molecular complexity index is 797. The number of nitrogen functional groups attached to an aromatic ring is 1. The fraction of sp³-hybridized carbons (Fsp3) is 0.0667. The van der Waals surface area contributed by atoms with Crippen molar-refractivity contribution in [2.45, 2.75) is 10.6 Å². The first-order valence-corrected chi connectivity index (χ1v) is 8.23. The van der Waals surface area contributed by atoms with Crippen molar-refractivity contribution in [2.24, 2.45) is 0 Å². The average molecular weight is 305 g/mol. The predicted octanol–water partition coefficient (Wildman–Crippen LogP) is 3.93. The molecule has 0 spiro atoms. The van der Waals surface area contributed by atoms with Crippen LogP contribution in [0.3, 0.4) is 0 Å². The van der Waals surface area contributed by atoms with Crippen molar-refractivity contribution >= 4 is 37.9 Å². The summed E-state index contributed by atoms with van der Waals surface area (Å²) in [5, 5.41) is 3.10. The molecule has 0 bridgehead atoms. The zero-order valence-corrected chi connectivity index (χ0v) is 12.1. The monoisotopic (exact) mass is 305 g/mol. The molecule has 0 saturated carbocycles. The van der Waals surface area contributed by atoms with Crippen molar-refractivity contribution in [2.75, 3.05) is 5.73 Å². The van der Waals surface area contributed by atoms with Crippen LogP contribution >= 0.6 is 11.3 Å². The minimum absolute atomic E-state index is 0.345. The van der Waals surface area contributed by atoms with Gasteiger partial charge in [-0.2, -0.15) is 0 Å². The first-order valence-electron chi connectivity index (χ1n) is 6.03. The van der Waals surface area contributed by atoms with Crippen LogP contribution < -0.4 is 5.73 Å². The molecule has 1 unspecified atom stereocenters. The Morgan fingerprint density at radius 2 is 2.00 bits per heavy atom. The lowest BCUT2D eigenvalue weighted by atomic mass is 10.2. The lowest BCUT2D eigenvalue weighted by Crippen LogP contribution is -2.01.